The first-order chi connectivity index (χ1) is 11.2. The summed E-state index contributed by atoms with van der Waals surface area (Å²) in [4.78, 5) is 35.1. The molecular formula is C17H23FN2O4. The molecular weight excluding hydrogens is 315 g/mol. The molecule has 0 aliphatic heterocycles. The van der Waals surface area contributed by atoms with Crippen LogP contribution in [0.1, 0.15) is 32.8 Å². The third kappa shape index (κ3) is 5.98. The van der Waals surface area contributed by atoms with Gasteiger partial charge >= 0.3 is 5.97 Å². The van der Waals surface area contributed by atoms with E-state index in [0.717, 1.165) is 0 Å². The number of carboxylic acid groups (broad SMARTS) is 1. The van der Waals surface area contributed by atoms with Crippen LogP contribution in [0, 0.1) is 11.7 Å². The average Bonchev–Trinajstić information content (AvgIpc) is 2.50. The predicted octanol–water partition coefficient (Wildman–Crippen LogP) is 1.49. The summed E-state index contributed by atoms with van der Waals surface area (Å²) in [7, 11) is 0. The fraction of sp³-hybridized carbons (Fsp3) is 0.471. The Bertz CT molecular complexity index is 606. The third-order valence-corrected chi connectivity index (χ3v) is 3.80. The van der Waals surface area contributed by atoms with Gasteiger partial charge in [-0.05, 0) is 23.6 Å². The number of rotatable bonds is 8. The van der Waals surface area contributed by atoms with E-state index in [-0.39, 0.29) is 12.3 Å². The zero-order valence-electron chi connectivity index (χ0n) is 14.0. The number of benzene rings is 1. The Labute approximate surface area is 140 Å². The van der Waals surface area contributed by atoms with Gasteiger partial charge in [-0.2, -0.15) is 0 Å². The fourth-order valence-corrected chi connectivity index (χ4v) is 2.29. The van der Waals surface area contributed by atoms with Crippen LogP contribution < -0.4 is 10.6 Å². The van der Waals surface area contributed by atoms with Crippen LogP contribution in [0.5, 0.6) is 0 Å². The Kier molecular flexibility index (Phi) is 7.35. The fourth-order valence-electron chi connectivity index (χ4n) is 2.29. The molecule has 0 bridgehead atoms. The summed E-state index contributed by atoms with van der Waals surface area (Å²) in [5, 5.41) is 14.2. The van der Waals surface area contributed by atoms with Gasteiger partial charge in [-0.1, -0.05) is 32.4 Å². The van der Waals surface area contributed by atoms with Crippen LogP contribution in [0.4, 0.5) is 4.39 Å². The lowest BCUT2D eigenvalue weighted by Crippen LogP contribution is -2.53. The largest absolute Gasteiger partial charge is 0.480 e. The van der Waals surface area contributed by atoms with Gasteiger partial charge in [0.2, 0.25) is 11.8 Å². The maximum absolute atomic E-state index is 13.3. The molecule has 0 aliphatic rings. The molecule has 0 saturated carbocycles. The average molecular weight is 338 g/mol. The summed E-state index contributed by atoms with van der Waals surface area (Å²) in [5.74, 6) is -2.88. The van der Waals surface area contributed by atoms with E-state index in [1.54, 1.807) is 13.0 Å². The van der Waals surface area contributed by atoms with Crippen molar-refractivity contribution >= 4 is 17.8 Å². The van der Waals surface area contributed by atoms with Crippen molar-refractivity contribution in [3.63, 3.8) is 0 Å². The number of amides is 2. The molecule has 0 radical (unpaired) electrons. The number of aliphatic carboxylic acids is 1. The molecule has 2 amide bonds. The van der Waals surface area contributed by atoms with E-state index in [4.69, 9.17) is 0 Å². The number of nitrogens with one attached hydrogen (secondary N) is 2. The topological polar surface area (TPSA) is 95.5 Å². The maximum Gasteiger partial charge on any atom is 0.326 e. The summed E-state index contributed by atoms with van der Waals surface area (Å²) in [6.07, 6.45) is 0.641. The van der Waals surface area contributed by atoms with Gasteiger partial charge in [-0.3, -0.25) is 9.59 Å². The molecule has 1 aromatic carbocycles. The summed E-state index contributed by atoms with van der Waals surface area (Å²) < 4.78 is 13.3. The van der Waals surface area contributed by atoms with E-state index in [9.17, 15) is 23.9 Å². The van der Waals surface area contributed by atoms with E-state index in [2.05, 4.69) is 10.6 Å². The van der Waals surface area contributed by atoms with E-state index in [1.165, 1.54) is 25.1 Å². The molecule has 0 unspecified atom stereocenters. The molecule has 0 heterocycles. The van der Waals surface area contributed by atoms with Crippen LogP contribution in [0.25, 0.3) is 0 Å². The van der Waals surface area contributed by atoms with E-state index < -0.39 is 35.7 Å². The Morgan fingerprint density at radius 2 is 1.92 bits per heavy atom. The highest BCUT2D eigenvalue weighted by atomic mass is 19.1. The van der Waals surface area contributed by atoms with Gasteiger partial charge in [-0.15, -0.1) is 0 Å². The summed E-state index contributed by atoms with van der Waals surface area (Å²) >= 11 is 0. The SMILES string of the molecule is CC[C@H](C)[C@H](NC(=O)[C@H](Cc1cccc(F)c1)NC(C)=O)C(=O)O. The third-order valence-electron chi connectivity index (χ3n) is 3.80. The molecule has 0 aliphatic carbocycles. The normalized spacial score (nSPS) is 14.3. The second kappa shape index (κ2) is 9.00. The van der Waals surface area contributed by atoms with Crippen LogP contribution >= 0.6 is 0 Å². The smallest absolute Gasteiger partial charge is 0.326 e. The van der Waals surface area contributed by atoms with Crippen molar-refractivity contribution in [2.24, 2.45) is 5.92 Å². The molecule has 0 spiro atoms. The highest BCUT2D eigenvalue weighted by Crippen LogP contribution is 2.10. The predicted molar refractivity (Wildman–Crippen MR) is 86.7 cm³/mol. The Morgan fingerprint density at radius 1 is 1.25 bits per heavy atom. The lowest BCUT2D eigenvalue weighted by molar-refractivity contribution is -0.143. The van der Waals surface area contributed by atoms with Gasteiger partial charge in [0.1, 0.15) is 17.9 Å². The highest BCUT2D eigenvalue weighted by Gasteiger charge is 2.29. The van der Waals surface area contributed by atoms with Crippen molar-refractivity contribution in [2.45, 2.75) is 45.7 Å². The molecule has 1 rings (SSSR count). The summed E-state index contributed by atoms with van der Waals surface area (Å²) in [5.41, 5.74) is 0.527. The van der Waals surface area contributed by atoms with Crippen molar-refractivity contribution in [3.8, 4) is 0 Å². The van der Waals surface area contributed by atoms with Crippen LogP contribution in [0.15, 0.2) is 24.3 Å². The van der Waals surface area contributed by atoms with Gasteiger partial charge < -0.3 is 15.7 Å². The molecule has 0 saturated heterocycles. The number of carbonyl (C=O) groups is 3. The van der Waals surface area contributed by atoms with Gasteiger partial charge in [0, 0.05) is 13.3 Å². The molecule has 3 N–H and O–H groups in total. The lowest BCUT2D eigenvalue weighted by atomic mass is 9.98. The van der Waals surface area contributed by atoms with Crippen LogP contribution in [0.3, 0.4) is 0 Å². The van der Waals surface area contributed by atoms with Crippen molar-refractivity contribution in [3.05, 3.63) is 35.6 Å². The zero-order chi connectivity index (χ0) is 18.3. The standard InChI is InChI=1S/C17H23FN2O4/c1-4-10(2)15(17(23)24)20-16(22)14(19-11(3)21)9-12-6-5-7-13(18)8-12/h5-8,10,14-15H,4,9H2,1-3H3,(H,19,21)(H,20,22)(H,23,24)/t10-,14-,15-/m0/s1. The van der Waals surface area contributed by atoms with Gasteiger partial charge in [0.25, 0.3) is 0 Å². The van der Waals surface area contributed by atoms with Crippen molar-refractivity contribution in [1.29, 1.82) is 0 Å². The Morgan fingerprint density at radius 3 is 2.42 bits per heavy atom. The molecule has 132 valence electrons. The Balaban J connectivity index is 2.91. The number of hydrogen-bond acceptors (Lipinski definition) is 3. The monoisotopic (exact) mass is 338 g/mol. The first kappa shape index (κ1) is 19.6. The summed E-state index contributed by atoms with van der Waals surface area (Å²) in [6, 6.07) is 3.66. The van der Waals surface area contributed by atoms with Crippen molar-refractivity contribution in [1.82, 2.24) is 10.6 Å². The maximum atomic E-state index is 13.3. The molecule has 6 nitrogen and oxygen atoms in total. The van der Waals surface area contributed by atoms with Crippen molar-refractivity contribution in [2.75, 3.05) is 0 Å². The van der Waals surface area contributed by atoms with Crippen LogP contribution in [-0.4, -0.2) is 35.0 Å². The quantitative estimate of drug-likeness (QED) is 0.669. The minimum absolute atomic E-state index is 0.0655. The minimum atomic E-state index is -1.13. The second-order valence-electron chi connectivity index (χ2n) is 5.80. The number of carboxylic acids is 1. The van der Waals surface area contributed by atoms with Gasteiger partial charge in [0.05, 0.1) is 0 Å². The zero-order valence-corrected chi connectivity index (χ0v) is 14.0. The molecule has 0 aromatic heterocycles. The van der Waals surface area contributed by atoms with Crippen molar-refractivity contribution < 1.29 is 23.9 Å². The first-order valence-corrected chi connectivity index (χ1v) is 7.79. The van der Waals surface area contributed by atoms with E-state index in [1.807, 2.05) is 6.92 Å². The number of hydrogen-bond donors (Lipinski definition) is 3. The van der Waals surface area contributed by atoms with Gasteiger partial charge in [0.15, 0.2) is 0 Å². The van der Waals surface area contributed by atoms with E-state index in [0.29, 0.717) is 12.0 Å². The molecule has 7 heteroatoms. The molecule has 24 heavy (non-hydrogen) atoms. The first-order valence-electron chi connectivity index (χ1n) is 7.79. The molecule has 0 fully saturated rings. The number of carbonyl (C=O) groups excluding carboxylic acids is 2. The minimum Gasteiger partial charge on any atom is -0.480 e. The molecule has 3 atom stereocenters. The second-order valence-corrected chi connectivity index (χ2v) is 5.80. The molecule has 1 aromatic rings. The lowest BCUT2D eigenvalue weighted by Gasteiger charge is -2.24. The summed E-state index contributed by atoms with van der Waals surface area (Å²) in [6.45, 7) is 4.80. The van der Waals surface area contributed by atoms with Crippen LogP contribution in [0.2, 0.25) is 0 Å². The highest BCUT2D eigenvalue weighted by molar-refractivity contribution is 5.90. The van der Waals surface area contributed by atoms with E-state index >= 15 is 0 Å². The number of halogens is 1. The van der Waals surface area contributed by atoms with Crippen LogP contribution in [-0.2, 0) is 20.8 Å². The van der Waals surface area contributed by atoms with Gasteiger partial charge in [-0.25, -0.2) is 9.18 Å². The Hall–Kier alpha value is -2.44.